The van der Waals surface area contributed by atoms with Gasteiger partial charge in [0, 0.05) is 63.9 Å². The fraction of sp³-hybridized carbons (Fsp3) is 0.216. The van der Waals surface area contributed by atoms with Gasteiger partial charge in [0.05, 0.1) is 11.0 Å². The normalized spacial score (nSPS) is 12.5. The van der Waals surface area contributed by atoms with Gasteiger partial charge in [0.2, 0.25) is 0 Å². The summed E-state index contributed by atoms with van der Waals surface area (Å²) in [4.78, 5) is 37.5. The van der Waals surface area contributed by atoms with Gasteiger partial charge in [0.25, 0.3) is 0 Å². The van der Waals surface area contributed by atoms with Crippen molar-refractivity contribution in [3.8, 4) is 51.2 Å². The van der Waals surface area contributed by atoms with E-state index in [1.54, 1.807) is 0 Å². The number of imidazole rings is 3. The van der Waals surface area contributed by atoms with E-state index >= 15 is 0 Å². The molecule has 0 amide bonds. The lowest BCUT2D eigenvalue weighted by molar-refractivity contribution is 0.669. The number of benzene rings is 7. The lowest BCUT2D eigenvalue weighted by Gasteiger charge is -2.13. The average molecular weight is 1120 g/mol. The minimum absolute atomic E-state index is 0.313. The molecule has 7 aromatic carbocycles. The Morgan fingerprint density at radius 3 is 1.22 bits per heavy atom. The van der Waals surface area contributed by atoms with Crippen molar-refractivity contribution in [2.75, 3.05) is 0 Å². The molecule has 426 valence electrons. The molecule has 0 bridgehead atoms. The maximum atomic E-state index is 4.85. The van der Waals surface area contributed by atoms with Gasteiger partial charge < -0.3 is 0 Å². The van der Waals surface area contributed by atoms with Crippen molar-refractivity contribution < 1.29 is 0 Å². The second-order valence-electron chi connectivity index (χ2n) is 21.5. The third-order valence-electron chi connectivity index (χ3n) is 15.7. The summed E-state index contributed by atoms with van der Waals surface area (Å²) in [5.41, 5.74) is 13.8. The number of aromatic nitrogens is 11. The topological polar surface area (TPSA) is 118 Å². The van der Waals surface area contributed by atoms with Crippen molar-refractivity contribution >= 4 is 33.4 Å². The Morgan fingerprint density at radius 2 is 0.718 bits per heavy atom. The molecule has 6 heterocycles. The molecule has 0 saturated heterocycles. The third kappa shape index (κ3) is 13.5. The molecule has 85 heavy (non-hydrogen) atoms. The molecule has 0 aliphatic heterocycles. The number of fused-ring (bicyclic) bond motifs is 3. The summed E-state index contributed by atoms with van der Waals surface area (Å²) in [6.45, 7) is 17.6. The van der Waals surface area contributed by atoms with Crippen molar-refractivity contribution in [2.45, 2.75) is 105 Å². The molecule has 13 rings (SSSR count). The summed E-state index contributed by atoms with van der Waals surface area (Å²) >= 11 is 0. The molecule has 0 spiro atoms. The first-order valence-electron chi connectivity index (χ1n) is 29.9. The Balaban J connectivity index is 0.000000127. The van der Waals surface area contributed by atoms with E-state index in [9.17, 15) is 0 Å². The molecule has 11 nitrogen and oxygen atoms in total. The second kappa shape index (κ2) is 28.0. The monoisotopic (exact) mass is 1120 g/mol. The summed E-state index contributed by atoms with van der Waals surface area (Å²) in [6.07, 6.45) is 7.95. The maximum absolute atomic E-state index is 4.85. The first-order valence-corrected chi connectivity index (χ1v) is 29.9. The van der Waals surface area contributed by atoms with Crippen LogP contribution in [0.3, 0.4) is 0 Å². The van der Waals surface area contributed by atoms with Gasteiger partial charge in [0.1, 0.15) is 34.3 Å². The predicted molar refractivity (Wildman–Crippen MR) is 350 cm³/mol. The molecule has 0 saturated carbocycles. The van der Waals surface area contributed by atoms with Gasteiger partial charge in [-0.2, -0.15) is 0 Å². The first-order chi connectivity index (χ1) is 41.7. The molecular weight excluding hydrogens is 1040 g/mol. The zero-order valence-electron chi connectivity index (χ0n) is 50.1. The quantitative estimate of drug-likeness (QED) is 0.106. The van der Waals surface area contributed by atoms with Crippen molar-refractivity contribution in [1.82, 2.24) is 53.6 Å². The lowest BCUT2D eigenvalue weighted by Crippen LogP contribution is -2.05. The highest BCUT2D eigenvalue weighted by Crippen LogP contribution is 2.32. The van der Waals surface area contributed by atoms with E-state index in [0.29, 0.717) is 23.7 Å². The van der Waals surface area contributed by atoms with Crippen LogP contribution in [0.5, 0.6) is 0 Å². The van der Waals surface area contributed by atoms with Crippen LogP contribution in [0.2, 0.25) is 0 Å². The first kappa shape index (κ1) is 58.5. The highest BCUT2D eigenvalue weighted by molar-refractivity contribution is 5.81. The fourth-order valence-corrected chi connectivity index (χ4v) is 10.0. The molecule has 0 aliphatic rings. The molecule has 13 aromatic rings. The van der Waals surface area contributed by atoms with Gasteiger partial charge in [-0.05, 0) is 110 Å². The van der Waals surface area contributed by atoms with Gasteiger partial charge in [-0.15, -0.1) is 0 Å². The highest BCUT2D eigenvalue weighted by atomic mass is 15.1. The van der Waals surface area contributed by atoms with E-state index in [-0.39, 0.29) is 0 Å². The summed E-state index contributed by atoms with van der Waals surface area (Å²) in [7, 11) is 0. The Morgan fingerprint density at radius 1 is 0.318 bits per heavy atom. The van der Waals surface area contributed by atoms with E-state index in [0.717, 1.165) is 117 Å². The van der Waals surface area contributed by atoms with Crippen LogP contribution < -0.4 is 0 Å². The number of hydrogen-bond donors (Lipinski definition) is 0. The summed E-state index contributed by atoms with van der Waals surface area (Å²) in [5.74, 6) is 7.25. The summed E-state index contributed by atoms with van der Waals surface area (Å²) < 4.78 is 6.58. The van der Waals surface area contributed by atoms with Crippen molar-refractivity contribution in [3.05, 3.63) is 260 Å². The Kier molecular flexibility index (Phi) is 19.3. The number of nitrogens with zero attached hydrogens (tertiary/aromatic N) is 11. The van der Waals surface area contributed by atoms with E-state index in [2.05, 4.69) is 185 Å². The van der Waals surface area contributed by atoms with Crippen molar-refractivity contribution in [1.29, 1.82) is 0 Å². The zero-order valence-corrected chi connectivity index (χ0v) is 50.1. The second-order valence-corrected chi connectivity index (χ2v) is 21.5. The van der Waals surface area contributed by atoms with Crippen LogP contribution in [0.25, 0.3) is 84.6 Å². The molecule has 0 radical (unpaired) electrons. The number of para-hydroxylation sites is 5. The molecule has 0 fully saturated rings. The fourth-order valence-electron chi connectivity index (χ4n) is 10.0. The minimum Gasteiger partial charge on any atom is -0.296 e. The smallest absolute Gasteiger partial charge is 0.164 e. The third-order valence-corrected chi connectivity index (χ3v) is 15.7. The largest absolute Gasteiger partial charge is 0.296 e. The van der Waals surface area contributed by atoms with Crippen molar-refractivity contribution in [3.63, 3.8) is 0 Å². The van der Waals surface area contributed by atoms with Gasteiger partial charge in [-0.3, -0.25) is 13.7 Å². The standard InChI is InChI=1S/C22H21N3.C19H19N3.C17H18N2.C16H17N3/c1-3-16(2)17-11-13-18(14-12-17)21-24-20-10-7-15-23-22(20)25(21)19-8-5-4-6-9-19;1-3-14(2)17-20-18(15-10-6-4-7-11-15)22-19(21-17)16-12-8-5-9-13-16;1-3-13(2)17-18-15-11-7-8-12-16(15)19(17)14-9-5-4-6-10-14;1-3-12(2)15-18-14-10-7-11-17-16(14)19(15)13-8-5-4-6-9-13/h4-16H,3H2,1-2H3;4-14H,3H2,1-2H3;4-13H,3H2,1-2H3;4-12H,3H2,1-2H3. The van der Waals surface area contributed by atoms with E-state index in [1.165, 1.54) is 16.8 Å². The van der Waals surface area contributed by atoms with E-state index < -0.39 is 0 Å². The Bertz CT molecular complexity index is 4000. The Labute approximate surface area is 500 Å². The molecule has 4 unspecified atom stereocenters. The SMILES string of the molecule is CCC(C)c1ccc(-c2nc3cccnc3n2-c2ccccc2)cc1.CCC(C)c1nc(-c2ccccc2)nc(-c2ccccc2)n1.CCC(C)c1nc2ccccc2n1-c1ccccc1.CCC(C)c1nc2cccnc2n1-c1ccccc1. The van der Waals surface area contributed by atoms with Gasteiger partial charge in [0.15, 0.2) is 22.9 Å². The van der Waals surface area contributed by atoms with Crippen LogP contribution in [-0.2, 0) is 0 Å². The average Bonchev–Trinajstić information content (AvgIpc) is 4.00. The van der Waals surface area contributed by atoms with Gasteiger partial charge in [-0.25, -0.2) is 39.9 Å². The van der Waals surface area contributed by atoms with Gasteiger partial charge in [-0.1, -0.05) is 207 Å². The van der Waals surface area contributed by atoms with Gasteiger partial charge >= 0.3 is 0 Å². The van der Waals surface area contributed by atoms with Crippen LogP contribution >= 0.6 is 0 Å². The Hall–Kier alpha value is -9.74. The molecule has 11 heteroatoms. The summed E-state index contributed by atoms with van der Waals surface area (Å²) in [5, 5.41) is 0. The molecule has 6 aromatic heterocycles. The van der Waals surface area contributed by atoms with Crippen LogP contribution in [-0.4, -0.2) is 53.6 Å². The van der Waals surface area contributed by atoms with Crippen molar-refractivity contribution in [2.24, 2.45) is 0 Å². The predicted octanol–water partition coefficient (Wildman–Crippen LogP) is 18.8. The summed E-state index contributed by atoms with van der Waals surface area (Å²) in [6, 6.07) is 76.2. The lowest BCUT2D eigenvalue weighted by atomic mass is 9.97. The number of pyridine rings is 2. The van der Waals surface area contributed by atoms with Crippen LogP contribution in [0, 0.1) is 0 Å². The highest BCUT2D eigenvalue weighted by Gasteiger charge is 2.20. The molecule has 0 N–H and O–H groups in total. The van der Waals surface area contributed by atoms with Crippen LogP contribution in [0.15, 0.2) is 237 Å². The minimum atomic E-state index is 0.313. The number of rotatable bonds is 14. The van der Waals surface area contributed by atoms with Crippen LogP contribution in [0.4, 0.5) is 0 Å². The van der Waals surface area contributed by atoms with E-state index in [1.807, 2.05) is 146 Å². The molecule has 4 atom stereocenters. The zero-order chi connectivity index (χ0) is 59.1. The van der Waals surface area contributed by atoms with Crippen LogP contribution in [0.1, 0.15) is 128 Å². The molecule has 0 aliphatic carbocycles. The van der Waals surface area contributed by atoms with E-state index in [4.69, 9.17) is 15.0 Å². The maximum Gasteiger partial charge on any atom is 0.164 e. The number of hydrogen-bond acceptors (Lipinski definition) is 8. The molecular formula is C74H75N11.